The number of alkyl halides is 2. The Morgan fingerprint density at radius 3 is 2.25 bits per heavy atom. The van der Waals surface area contributed by atoms with E-state index in [1.807, 2.05) is 27.7 Å². The van der Waals surface area contributed by atoms with E-state index in [2.05, 4.69) is 5.16 Å². The van der Waals surface area contributed by atoms with Gasteiger partial charge in [-0.05, 0) is 42.9 Å². The third-order valence-electron chi connectivity index (χ3n) is 5.15. The molecule has 0 radical (unpaired) electrons. The van der Waals surface area contributed by atoms with E-state index in [1.54, 1.807) is 0 Å². The first-order valence-electron chi connectivity index (χ1n) is 8.42. The van der Waals surface area contributed by atoms with Crippen molar-refractivity contribution in [1.82, 2.24) is 4.90 Å². The van der Waals surface area contributed by atoms with Crippen molar-refractivity contribution in [2.24, 2.45) is 16.0 Å². The van der Waals surface area contributed by atoms with Gasteiger partial charge in [0.2, 0.25) is 0 Å². The van der Waals surface area contributed by atoms with Crippen LogP contribution in [0.3, 0.4) is 0 Å². The van der Waals surface area contributed by atoms with Crippen molar-refractivity contribution in [2.45, 2.75) is 77.4 Å². The average Bonchev–Trinajstić information content (AvgIpc) is 2.81. The number of rotatable bonds is 3. The molecule has 0 aromatic rings. The van der Waals surface area contributed by atoms with E-state index in [9.17, 15) is 9.90 Å². The van der Waals surface area contributed by atoms with Crippen molar-refractivity contribution in [3.05, 3.63) is 0 Å². The zero-order valence-corrected chi connectivity index (χ0v) is 14.9. The molecule has 0 spiro atoms. The van der Waals surface area contributed by atoms with Crippen LogP contribution in [0.5, 0.6) is 0 Å². The van der Waals surface area contributed by atoms with E-state index in [0.29, 0.717) is 19.3 Å². The molecule has 2 fully saturated rings. The molecule has 1 saturated carbocycles. The van der Waals surface area contributed by atoms with Gasteiger partial charge in [-0.15, -0.1) is 0 Å². The molecule has 138 valence electrons. The Balaban J connectivity index is 2.32. The maximum Gasteiger partial charge on any atom is 0.352 e. The largest absolute Gasteiger partial charge is 0.411 e. The van der Waals surface area contributed by atoms with Gasteiger partial charge in [-0.1, -0.05) is 32.9 Å². The van der Waals surface area contributed by atoms with E-state index in [-0.39, 0.29) is 19.4 Å². The van der Waals surface area contributed by atoms with Crippen molar-refractivity contribution in [3.8, 4) is 0 Å². The number of carbonyl (C=O) groups excluding carboxylic acids is 1. The van der Waals surface area contributed by atoms with Crippen molar-refractivity contribution in [3.63, 3.8) is 0 Å². The van der Waals surface area contributed by atoms with Crippen LogP contribution in [0.25, 0.3) is 0 Å². The summed E-state index contributed by atoms with van der Waals surface area (Å²) in [7, 11) is 0. The fraction of sp³-hybridized carbons (Fsp3) is 0.882. The van der Waals surface area contributed by atoms with Crippen LogP contribution in [0.15, 0.2) is 5.16 Å². The van der Waals surface area contributed by atoms with Gasteiger partial charge in [-0.25, -0.2) is 0 Å². The standard InChI is InChI=1S/C17H28F2N2O3/c1-14(2)9-15(3,4)11-16(23,10-14)17(18,19)13(22)21-7-5-6-12(21)8-20-24/h8,12,23-24H,5-7,9-11H2,1-4H3/t12-/m0/s1. The lowest BCUT2D eigenvalue weighted by Gasteiger charge is -2.51. The van der Waals surface area contributed by atoms with Crippen LogP contribution in [-0.2, 0) is 4.79 Å². The van der Waals surface area contributed by atoms with Gasteiger partial charge >= 0.3 is 5.92 Å². The Hall–Kier alpha value is -1.24. The summed E-state index contributed by atoms with van der Waals surface area (Å²) in [6.07, 6.45) is 2.58. The van der Waals surface area contributed by atoms with Gasteiger partial charge in [0, 0.05) is 6.54 Å². The second-order valence-electron chi connectivity index (χ2n) is 8.94. The molecule has 1 saturated heterocycles. The molecule has 0 aromatic heterocycles. The molecule has 1 aliphatic heterocycles. The highest BCUT2D eigenvalue weighted by Gasteiger charge is 2.64. The average molecular weight is 346 g/mol. The van der Waals surface area contributed by atoms with Crippen LogP contribution in [-0.4, -0.2) is 51.4 Å². The summed E-state index contributed by atoms with van der Waals surface area (Å²) in [6, 6.07) is -0.651. The van der Waals surface area contributed by atoms with Crippen LogP contribution in [0.1, 0.15) is 59.8 Å². The maximum atomic E-state index is 15.1. The number of hydrogen-bond acceptors (Lipinski definition) is 4. The molecule has 7 heteroatoms. The molecule has 24 heavy (non-hydrogen) atoms. The van der Waals surface area contributed by atoms with Crippen molar-refractivity contribution in [1.29, 1.82) is 0 Å². The van der Waals surface area contributed by atoms with E-state index in [4.69, 9.17) is 5.21 Å². The first-order valence-corrected chi connectivity index (χ1v) is 8.42. The maximum absolute atomic E-state index is 15.1. The number of hydrogen-bond donors (Lipinski definition) is 2. The van der Waals surface area contributed by atoms with Gasteiger partial charge in [0.15, 0.2) is 0 Å². The molecule has 5 nitrogen and oxygen atoms in total. The second kappa shape index (κ2) is 5.93. The lowest BCUT2D eigenvalue weighted by atomic mass is 9.58. The fourth-order valence-electron chi connectivity index (χ4n) is 4.94. The minimum absolute atomic E-state index is 0.130. The minimum Gasteiger partial charge on any atom is -0.411 e. The van der Waals surface area contributed by atoms with Gasteiger partial charge in [-0.2, -0.15) is 8.78 Å². The molecule has 0 bridgehead atoms. The molecular weight excluding hydrogens is 318 g/mol. The Morgan fingerprint density at radius 1 is 1.21 bits per heavy atom. The van der Waals surface area contributed by atoms with E-state index in [0.717, 1.165) is 11.1 Å². The van der Waals surface area contributed by atoms with E-state index >= 15 is 8.78 Å². The minimum atomic E-state index is -3.88. The molecule has 2 rings (SSSR count). The summed E-state index contributed by atoms with van der Waals surface area (Å²) in [5, 5.41) is 22.4. The van der Waals surface area contributed by atoms with Gasteiger partial charge in [0.05, 0.1) is 12.3 Å². The molecule has 0 unspecified atom stereocenters. The van der Waals surface area contributed by atoms with Crippen LogP contribution >= 0.6 is 0 Å². The Labute approximate surface area is 141 Å². The molecule has 2 N–H and O–H groups in total. The number of carbonyl (C=O) groups is 1. The van der Waals surface area contributed by atoms with Crippen molar-refractivity contribution in [2.75, 3.05) is 6.54 Å². The highest BCUT2D eigenvalue weighted by atomic mass is 19.3. The molecule has 1 atom stereocenters. The van der Waals surface area contributed by atoms with Crippen molar-refractivity contribution < 1.29 is 23.9 Å². The number of halogens is 2. The summed E-state index contributed by atoms with van der Waals surface area (Å²) in [6.45, 7) is 7.55. The van der Waals surface area contributed by atoms with E-state index in [1.165, 1.54) is 0 Å². The summed E-state index contributed by atoms with van der Waals surface area (Å²) in [5.41, 5.74) is -3.35. The summed E-state index contributed by atoms with van der Waals surface area (Å²) in [4.78, 5) is 13.6. The second-order valence-corrected chi connectivity index (χ2v) is 8.94. The first-order chi connectivity index (χ1) is 10.8. The zero-order valence-electron chi connectivity index (χ0n) is 14.9. The van der Waals surface area contributed by atoms with Gasteiger partial charge in [0.1, 0.15) is 5.60 Å². The Morgan fingerprint density at radius 2 is 1.75 bits per heavy atom. The molecule has 1 aliphatic carbocycles. The summed E-state index contributed by atoms with van der Waals surface area (Å²) < 4.78 is 30.2. The SMILES string of the molecule is CC1(C)CC(C)(C)CC(O)(C(F)(F)C(=O)N2CCC[C@H]2C=NO)C1. The van der Waals surface area contributed by atoms with Crippen molar-refractivity contribution >= 4 is 12.1 Å². The number of nitrogens with zero attached hydrogens (tertiary/aromatic N) is 2. The number of aliphatic hydroxyl groups is 1. The summed E-state index contributed by atoms with van der Waals surface area (Å²) >= 11 is 0. The first kappa shape index (κ1) is 19.1. The Kier molecular flexibility index (Phi) is 4.72. The summed E-state index contributed by atoms with van der Waals surface area (Å²) in [5.74, 6) is -5.26. The normalized spacial score (nSPS) is 29.1. The zero-order chi connectivity index (χ0) is 18.4. The molecular formula is C17H28F2N2O3. The fourth-order valence-corrected chi connectivity index (χ4v) is 4.94. The van der Waals surface area contributed by atoms with Crippen LogP contribution in [0.4, 0.5) is 8.78 Å². The highest BCUT2D eigenvalue weighted by Crippen LogP contribution is 2.55. The number of amides is 1. The van der Waals surface area contributed by atoms with Gasteiger partial charge in [0.25, 0.3) is 5.91 Å². The van der Waals surface area contributed by atoms with Crippen LogP contribution < -0.4 is 0 Å². The topological polar surface area (TPSA) is 73.1 Å². The monoisotopic (exact) mass is 346 g/mol. The predicted octanol–water partition coefficient (Wildman–Crippen LogP) is 3.04. The third-order valence-corrected chi connectivity index (χ3v) is 5.15. The molecule has 1 amide bonds. The smallest absolute Gasteiger partial charge is 0.352 e. The van der Waals surface area contributed by atoms with E-state index < -0.39 is 34.3 Å². The molecule has 0 aromatic carbocycles. The van der Waals surface area contributed by atoms with Gasteiger partial charge < -0.3 is 15.2 Å². The quantitative estimate of drug-likeness (QED) is 0.469. The predicted molar refractivity (Wildman–Crippen MR) is 86.3 cm³/mol. The number of oxime groups is 1. The third kappa shape index (κ3) is 3.41. The van der Waals surface area contributed by atoms with Crippen LogP contribution in [0.2, 0.25) is 0 Å². The molecule has 1 heterocycles. The number of likely N-dealkylation sites (tertiary alicyclic amines) is 1. The lowest BCUT2D eigenvalue weighted by molar-refractivity contribution is -0.230. The highest BCUT2D eigenvalue weighted by molar-refractivity contribution is 5.88. The Bertz CT molecular complexity index is 516. The lowest BCUT2D eigenvalue weighted by Crippen LogP contribution is -2.63. The van der Waals surface area contributed by atoms with Gasteiger partial charge in [-0.3, -0.25) is 4.79 Å². The van der Waals surface area contributed by atoms with Crippen LogP contribution in [0, 0.1) is 10.8 Å². The molecule has 2 aliphatic rings.